The van der Waals surface area contributed by atoms with Gasteiger partial charge in [0.2, 0.25) is 5.95 Å². The van der Waals surface area contributed by atoms with Crippen LogP contribution in [-0.2, 0) is 5.41 Å². The van der Waals surface area contributed by atoms with Crippen molar-refractivity contribution in [1.29, 1.82) is 0 Å². The van der Waals surface area contributed by atoms with Gasteiger partial charge in [0.15, 0.2) is 0 Å². The van der Waals surface area contributed by atoms with Gasteiger partial charge in [-0.2, -0.15) is 0 Å². The van der Waals surface area contributed by atoms with Gasteiger partial charge < -0.3 is 5.32 Å². The molecule has 0 spiro atoms. The molecular weight excluding hydrogens is 298 g/mol. The standard InChI is InChI=1S/C20H21N3O/c1-20(2,3)15-9-11-16(12-10-15)21-19-22-17(13-18(24)23-19)14-7-5-4-6-8-14/h4-13H,1-3H3,(H2,21,22,23,24). The van der Waals surface area contributed by atoms with Crippen molar-refractivity contribution in [3.8, 4) is 11.3 Å². The average molecular weight is 319 g/mol. The van der Waals surface area contributed by atoms with E-state index in [4.69, 9.17) is 0 Å². The van der Waals surface area contributed by atoms with Gasteiger partial charge in [-0.05, 0) is 23.1 Å². The van der Waals surface area contributed by atoms with E-state index in [2.05, 4.69) is 48.2 Å². The summed E-state index contributed by atoms with van der Waals surface area (Å²) in [4.78, 5) is 19.2. The highest BCUT2D eigenvalue weighted by atomic mass is 16.1. The van der Waals surface area contributed by atoms with E-state index in [1.165, 1.54) is 11.6 Å². The van der Waals surface area contributed by atoms with Crippen LogP contribution in [0.1, 0.15) is 26.3 Å². The van der Waals surface area contributed by atoms with Gasteiger partial charge in [-0.3, -0.25) is 9.78 Å². The van der Waals surface area contributed by atoms with Crippen molar-refractivity contribution in [2.45, 2.75) is 26.2 Å². The monoisotopic (exact) mass is 319 g/mol. The lowest BCUT2D eigenvalue weighted by atomic mass is 9.87. The third-order valence-electron chi connectivity index (χ3n) is 3.82. The number of anilines is 2. The number of hydrogen-bond acceptors (Lipinski definition) is 3. The molecule has 0 saturated heterocycles. The number of aromatic nitrogens is 2. The van der Waals surface area contributed by atoms with Gasteiger partial charge in [0.25, 0.3) is 5.56 Å². The molecule has 3 aromatic rings. The van der Waals surface area contributed by atoms with Gasteiger partial charge >= 0.3 is 0 Å². The molecule has 0 atom stereocenters. The van der Waals surface area contributed by atoms with Crippen molar-refractivity contribution in [3.63, 3.8) is 0 Å². The van der Waals surface area contributed by atoms with E-state index < -0.39 is 0 Å². The summed E-state index contributed by atoms with van der Waals surface area (Å²) < 4.78 is 0. The third kappa shape index (κ3) is 3.71. The molecule has 0 aliphatic rings. The van der Waals surface area contributed by atoms with E-state index in [1.807, 2.05) is 42.5 Å². The van der Waals surface area contributed by atoms with Gasteiger partial charge in [-0.1, -0.05) is 63.2 Å². The van der Waals surface area contributed by atoms with E-state index in [1.54, 1.807) is 0 Å². The quantitative estimate of drug-likeness (QED) is 0.748. The first-order chi connectivity index (χ1) is 11.4. The van der Waals surface area contributed by atoms with Crippen LogP contribution in [-0.4, -0.2) is 9.97 Å². The maximum atomic E-state index is 11.9. The number of hydrogen-bond donors (Lipinski definition) is 2. The average Bonchev–Trinajstić information content (AvgIpc) is 2.55. The molecule has 0 aliphatic heterocycles. The molecule has 24 heavy (non-hydrogen) atoms. The molecule has 2 N–H and O–H groups in total. The predicted octanol–water partition coefficient (Wildman–Crippen LogP) is 4.48. The molecule has 3 rings (SSSR count). The summed E-state index contributed by atoms with van der Waals surface area (Å²) >= 11 is 0. The second-order valence-corrected chi connectivity index (χ2v) is 6.80. The molecule has 4 heteroatoms. The molecule has 2 aromatic carbocycles. The predicted molar refractivity (Wildman–Crippen MR) is 98.7 cm³/mol. The van der Waals surface area contributed by atoms with Crippen LogP contribution in [0.2, 0.25) is 0 Å². The van der Waals surface area contributed by atoms with Crippen molar-refractivity contribution in [3.05, 3.63) is 76.6 Å². The van der Waals surface area contributed by atoms with Crippen molar-refractivity contribution in [1.82, 2.24) is 9.97 Å². The third-order valence-corrected chi connectivity index (χ3v) is 3.82. The van der Waals surface area contributed by atoms with E-state index in [-0.39, 0.29) is 11.0 Å². The Morgan fingerprint density at radius 3 is 2.25 bits per heavy atom. The smallest absolute Gasteiger partial charge is 0.252 e. The maximum Gasteiger partial charge on any atom is 0.252 e. The molecule has 1 aromatic heterocycles. The van der Waals surface area contributed by atoms with Crippen molar-refractivity contribution in [2.75, 3.05) is 5.32 Å². The number of H-pyrrole nitrogens is 1. The fourth-order valence-corrected chi connectivity index (χ4v) is 2.46. The maximum absolute atomic E-state index is 11.9. The molecule has 0 fully saturated rings. The number of benzene rings is 2. The number of nitrogens with zero attached hydrogens (tertiary/aromatic N) is 1. The highest BCUT2D eigenvalue weighted by Gasteiger charge is 2.13. The SMILES string of the molecule is CC(C)(C)c1ccc(Nc2nc(-c3ccccc3)cc(=O)[nH]2)cc1. The Kier molecular flexibility index (Phi) is 4.21. The summed E-state index contributed by atoms with van der Waals surface area (Å²) in [6.07, 6.45) is 0. The summed E-state index contributed by atoms with van der Waals surface area (Å²) in [6, 6.07) is 19.3. The number of rotatable bonds is 3. The van der Waals surface area contributed by atoms with Crippen LogP contribution in [0.5, 0.6) is 0 Å². The van der Waals surface area contributed by atoms with Crippen molar-refractivity contribution >= 4 is 11.6 Å². The summed E-state index contributed by atoms with van der Waals surface area (Å²) in [5.74, 6) is 0.435. The Morgan fingerprint density at radius 2 is 1.62 bits per heavy atom. The van der Waals surface area contributed by atoms with Crippen LogP contribution in [0.4, 0.5) is 11.6 Å². The van der Waals surface area contributed by atoms with E-state index in [0.717, 1.165) is 11.3 Å². The van der Waals surface area contributed by atoms with Gasteiger partial charge in [-0.15, -0.1) is 0 Å². The number of nitrogens with one attached hydrogen (secondary N) is 2. The second-order valence-electron chi connectivity index (χ2n) is 6.80. The largest absolute Gasteiger partial charge is 0.326 e. The van der Waals surface area contributed by atoms with Crippen LogP contribution in [0.15, 0.2) is 65.5 Å². The zero-order valence-electron chi connectivity index (χ0n) is 14.1. The first-order valence-electron chi connectivity index (χ1n) is 7.96. The topological polar surface area (TPSA) is 57.8 Å². The molecule has 0 radical (unpaired) electrons. The van der Waals surface area contributed by atoms with Gasteiger partial charge in [0.1, 0.15) is 0 Å². The Morgan fingerprint density at radius 1 is 0.958 bits per heavy atom. The highest BCUT2D eigenvalue weighted by Crippen LogP contribution is 2.24. The summed E-state index contributed by atoms with van der Waals surface area (Å²) in [5, 5.41) is 3.17. The van der Waals surface area contributed by atoms with Crippen LogP contribution >= 0.6 is 0 Å². The molecule has 0 saturated carbocycles. The summed E-state index contributed by atoms with van der Waals surface area (Å²) in [5.41, 5.74) is 3.63. The fourth-order valence-electron chi connectivity index (χ4n) is 2.46. The second kappa shape index (κ2) is 6.32. The molecule has 0 amide bonds. The molecular formula is C20H21N3O. The van der Waals surface area contributed by atoms with E-state index in [0.29, 0.717) is 11.6 Å². The lowest BCUT2D eigenvalue weighted by Gasteiger charge is -2.19. The first-order valence-corrected chi connectivity index (χ1v) is 7.96. The van der Waals surface area contributed by atoms with E-state index in [9.17, 15) is 4.79 Å². The zero-order valence-corrected chi connectivity index (χ0v) is 14.1. The molecule has 0 bridgehead atoms. The Labute approximate surface area is 141 Å². The van der Waals surface area contributed by atoms with Crippen molar-refractivity contribution in [2.24, 2.45) is 0 Å². The molecule has 0 aliphatic carbocycles. The van der Waals surface area contributed by atoms with Crippen LogP contribution < -0.4 is 10.9 Å². The first kappa shape index (κ1) is 16.0. The lowest BCUT2D eigenvalue weighted by molar-refractivity contribution is 0.590. The highest BCUT2D eigenvalue weighted by molar-refractivity contribution is 5.62. The summed E-state index contributed by atoms with van der Waals surface area (Å²) in [7, 11) is 0. The van der Waals surface area contributed by atoms with Crippen molar-refractivity contribution < 1.29 is 0 Å². The van der Waals surface area contributed by atoms with Crippen LogP contribution in [0, 0.1) is 0 Å². The molecule has 0 unspecified atom stereocenters. The minimum atomic E-state index is -0.183. The van der Waals surface area contributed by atoms with Gasteiger partial charge in [0.05, 0.1) is 5.69 Å². The Balaban J connectivity index is 1.88. The number of aromatic amines is 1. The minimum absolute atomic E-state index is 0.109. The normalized spacial score (nSPS) is 11.3. The lowest BCUT2D eigenvalue weighted by Crippen LogP contribution is -2.12. The van der Waals surface area contributed by atoms with Crippen LogP contribution in [0.3, 0.4) is 0 Å². The minimum Gasteiger partial charge on any atom is -0.326 e. The molecule has 122 valence electrons. The van der Waals surface area contributed by atoms with Gasteiger partial charge in [0, 0.05) is 17.3 Å². The molecule has 4 nitrogen and oxygen atoms in total. The van der Waals surface area contributed by atoms with Gasteiger partial charge in [-0.25, -0.2) is 4.98 Å². The van der Waals surface area contributed by atoms with Crippen LogP contribution in [0.25, 0.3) is 11.3 Å². The Bertz CT molecular complexity index is 875. The summed E-state index contributed by atoms with van der Waals surface area (Å²) in [6.45, 7) is 6.54. The molecule has 1 heterocycles. The zero-order chi connectivity index (χ0) is 17.2. The Hall–Kier alpha value is -2.88. The fraction of sp³-hybridized carbons (Fsp3) is 0.200. The van der Waals surface area contributed by atoms with E-state index >= 15 is 0 Å².